The molecule has 1 aliphatic rings. The van der Waals surface area contributed by atoms with Gasteiger partial charge in [-0.3, -0.25) is 9.98 Å². The molecule has 0 fully saturated rings. The molecule has 1 aromatic carbocycles. The fraction of sp³-hybridized carbons (Fsp3) is 0.500. The molecule has 6 nitrogen and oxygen atoms in total. The number of rotatable bonds is 3. The lowest BCUT2D eigenvalue weighted by Gasteiger charge is -2.22. The normalized spacial score (nSPS) is 21.8. The molecule has 0 aromatic heterocycles. The number of hydrogen-bond donors (Lipinski definition) is 3. The molecule has 0 saturated heterocycles. The fourth-order valence-corrected chi connectivity index (χ4v) is 2.35. The van der Waals surface area contributed by atoms with Crippen LogP contribution >= 0.6 is 0 Å². The molecule has 0 bridgehead atoms. The molecular formula is C16H24N4O2. The summed E-state index contributed by atoms with van der Waals surface area (Å²) in [4.78, 5) is 11.2. The predicted octanol–water partition coefficient (Wildman–Crippen LogP) is 1.51. The first kappa shape index (κ1) is 16.1. The van der Waals surface area contributed by atoms with Gasteiger partial charge in [-0.05, 0) is 38.0 Å². The van der Waals surface area contributed by atoms with Gasteiger partial charge in [0, 0.05) is 13.6 Å². The third kappa shape index (κ3) is 3.90. The van der Waals surface area contributed by atoms with Crippen molar-refractivity contribution in [2.24, 2.45) is 15.7 Å². The second kappa shape index (κ2) is 6.68. The van der Waals surface area contributed by atoms with E-state index in [-0.39, 0.29) is 23.6 Å². The second-order valence-electron chi connectivity index (χ2n) is 5.82. The number of phenolic OH excluding ortho intramolecular Hbond substituents is 2. The Kier molecular flexibility index (Phi) is 4.90. The summed E-state index contributed by atoms with van der Waals surface area (Å²) in [7, 11) is 1.98. The van der Waals surface area contributed by atoms with E-state index in [1.807, 2.05) is 20.9 Å². The van der Waals surface area contributed by atoms with Gasteiger partial charge in [0.2, 0.25) is 0 Å². The van der Waals surface area contributed by atoms with Gasteiger partial charge < -0.3 is 20.8 Å². The van der Waals surface area contributed by atoms with Gasteiger partial charge >= 0.3 is 0 Å². The molecule has 4 N–H and O–H groups in total. The zero-order chi connectivity index (χ0) is 16.3. The van der Waals surface area contributed by atoms with Crippen LogP contribution in [0.5, 0.6) is 11.5 Å². The van der Waals surface area contributed by atoms with Crippen molar-refractivity contribution in [3.8, 4) is 11.5 Å². The maximum Gasteiger partial charge on any atom is 0.157 e. The van der Waals surface area contributed by atoms with Crippen LogP contribution in [0.2, 0.25) is 0 Å². The minimum Gasteiger partial charge on any atom is -0.504 e. The molecule has 1 aliphatic heterocycles. The Morgan fingerprint density at radius 1 is 1.18 bits per heavy atom. The first-order valence-electron chi connectivity index (χ1n) is 7.47. The quantitative estimate of drug-likeness (QED) is 0.738. The molecule has 1 heterocycles. The number of hydrogen-bond acceptors (Lipinski definition) is 6. The van der Waals surface area contributed by atoms with E-state index in [4.69, 9.17) is 10.7 Å². The van der Waals surface area contributed by atoms with E-state index in [9.17, 15) is 10.2 Å². The van der Waals surface area contributed by atoms with Crippen LogP contribution in [0.15, 0.2) is 28.2 Å². The molecule has 0 saturated carbocycles. The third-order valence-corrected chi connectivity index (χ3v) is 3.98. The molecule has 0 spiro atoms. The monoisotopic (exact) mass is 304 g/mol. The average molecular weight is 304 g/mol. The number of amidine groups is 2. The Hall–Kier alpha value is -2.24. The zero-order valence-corrected chi connectivity index (χ0v) is 13.3. The highest BCUT2D eigenvalue weighted by molar-refractivity contribution is 6.02. The average Bonchev–Trinajstić information content (AvgIpc) is 2.59. The van der Waals surface area contributed by atoms with Gasteiger partial charge in [-0.1, -0.05) is 6.07 Å². The van der Waals surface area contributed by atoms with E-state index in [1.54, 1.807) is 12.1 Å². The number of aromatic hydroxyl groups is 2. The molecule has 0 amide bonds. The number of phenols is 2. The van der Waals surface area contributed by atoms with Gasteiger partial charge in [0.05, 0.1) is 18.5 Å². The topological polar surface area (TPSA) is 94.4 Å². The van der Waals surface area contributed by atoms with Crippen LogP contribution in [0.1, 0.15) is 25.8 Å². The van der Waals surface area contributed by atoms with Crippen molar-refractivity contribution in [1.29, 1.82) is 0 Å². The molecular weight excluding hydrogens is 280 g/mol. The maximum atomic E-state index is 9.53. The highest BCUT2D eigenvalue weighted by Gasteiger charge is 2.19. The maximum absolute atomic E-state index is 9.53. The number of benzene rings is 1. The van der Waals surface area contributed by atoms with Crippen LogP contribution in [0.25, 0.3) is 0 Å². The Morgan fingerprint density at radius 2 is 1.86 bits per heavy atom. The molecule has 1 aromatic rings. The highest BCUT2D eigenvalue weighted by Crippen LogP contribution is 2.25. The Morgan fingerprint density at radius 3 is 2.55 bits per heavy atom. The number of nitrogens with two attached hydrogens (primary N) is 1. The summed E-state index contributed by atoms with van der Waals surface area (Å²) in [6, 6.07) is 5.09. The molecule has 2 rings (SSSR count). The van der Waals surface area contributed by atoms with Crippen LogP contribution < -0.4 is 5.73 Å². The smallest absolute Gasteiger partial charge is 0.157 e. The number of nitrogens with zero attached hydrogens (tertiary/aromatic N) is 3. The Labute approximate surface area is 131 Å². The summed E-state index contributed by atoms with van der Waals surface area (Å²) < 4.78 is 0. The summed E-state index contributed by atoms with van der Waals surface area (Å²) in [6.45, 7) is 4.80. The molecule has 0 aliphatic carbocycles. The van der Waals surface area contributed by atoms with Crippen molar-refractivity contribution < 1.29 is 10.2 Å². The lowest BCUT2D eigenvalue weighted by atomic mass is 10.1. The standard InChI is InChI=1S/C16H24N4O2/c1-10-11(2)19-16(9-15(17)18-10)20(3)7-6-12-4-5-13(21)14(22)8-12/h4-5,8,10-11,21-22H,6-7,9H2,1-3H3,(H2,17,18). The van der Waals surface area contributed by atoms with Gasteiger partial charge in [0.1, 0.15) is 11.7 Å². The van der Waals surface area contributed by atoms with E-state index >= 15 is 0 Å². The van der Waals surface area contributed by atoms with Crippen molar-refractivity contribution in [2.45, 2.75) is 38.8 Å². The summed E-state index contributed by atoms with van der Waals surface area (Å²) in [5.74, 6) is 1.36. The minimum absolute atomic E-state index is 0.0919. The molecule has 2 atom stereocenters. The van der Waals surface area contributed by atoms with Crippen LogP contribution in [0.4, 0.5) is 0 Å². The van der Waals surface area contributed by atoms with Gasteiger partial charge in [-0.15, -0.1) is 0 Å². The minimum atomic E-state index is -0.1000. The molecule has 22 heavy (non-hydrogen) atoms. The Balaban J connectivity index is 2.02. The van der Waals surface area contributed by atoms with Crippen molar-refractivity contribution in [1.82, 2.24) is 4.90 Å². The van der Waals surface area contributed by atoms with E-state index in [0.29, 0.717) is 12.3 Å². The van der Waals surface area contributed by atoms with Gasteiger partial charge in [0.25, 0.3) is 0 Å². The van der Waals surface area contributed by atoms with Gasteiger partial charge in [0.15, 0.2) is 11.5 Å². The van der Waals surface area contributed by atoms with E-state index in [1.165, 1.54) is 6.07 Å². The van der Waals surface area contributed by atoms with Crippen molar-refractivity contribution in [2.75, 3.05) is 13.6 Å². The van der Waals surface area contributed by atoms with E-state index < -0.39 is 0 Å². The van der Waals surface area contributed by atoms with Gasteiger partial charge in [-0.25, -0.2) is 0 Å². The Bertz CT molecular complexity index is 598. The number of aliphatic imine (C=N–C) groups is 2. The molecule has 0 radical (unpaired) electrons. The van der Waals surface area contributed by atoms with E-state index in [0.717, 1.165) is 24.4 Å². The SMILES string of the molecule is CC1N=C(N)CC(N(C)CCc2ccc(O)c(O)c2)=NC1C. The predicted molar refractivity (Wildman–Crippen MR) is 88.7 cm³/mol. The summed E-state index contributed by atoms with van der Waals surface area (Å²) in [5.41, 5.74) is 6.90. The lowest BCUT2D eigenvalue weighted by Crippen LogP contribution is -2.32. The second-order valence-corrected chi connectivity index (χ2v) is 5.82. The van der Waals surface area contributed by atoms with Crippen LogP contribution in [0.3, 0.4) is 0 Å². The number of likely N-dealkylation sites (N-methyl/N-ethyl adjacent to an activating group) is 1. The highest BCUT2D eigenvalue weighted by atomic mass is 16.3. The largest absolute Gasteiger partial charge is 0.504 e. The summed E-state index contributed by atoms with van der Waals surface area (Å²) >= 11 is 0. The summed E-state index contributed by atoms with van der Waals surface area (Å²) in [6.07, 6.45) is 1.30. The van der Waals surface area contributed by atoms with E-state index in [2.05, 4.69) is 9.89 Å². The van der Waals surface area contributed by atoms with Crippen molar-refractivity contribution in [3.05, 3.63) is 23.8 Å². The zero-order valence-electron chi connectivity index (χ0n) is 13.3. The molecule has 2 unspecified atom stereocenters. The molecule has 120 valence electrons. The van der Waals surface area contributed by atoms with Crippen LogP contribution in [-0.2, 0) is 6.42 Å². The first-order chi connectivity index (χ1) is 10.4. The first-order valence-corrected chi connectivity index (χ1v) is 7.47. The van der Waals surface area contributed by atoms with Crippen molar-refractivity contribution in [3.63, 3.8) is 0 Å². The van der Waals surface area contributed by atoms with Crippen molar-refractivity contribution >= 4 is 11.7 Å². The fourth-order valence-electron chi connectivity index (χ4n) is 2.35. The van der Waals surface area contributed by atoms with Gasteiger partial charge in [-0.2, -0.15) is 0 Å². The lowest BCUT2D eigenvalue weighted by molar-refractivity contribution is 0.402. The van der Waals surface area contributed by atoms with Crippen LogP contribution in [-0.4, -0.2) is 52.5 Å². The van der Waals surface area contributed by atoms with Crippen LogP contribution in [0, 0.1) is 0 Å². The summed E-state index contributed by atoms with van der Waals surface area (Å²) in [5, 5.41) is 18.9. The molecule has 6 heteroatoms. The third-order valence-electron chi connectivity index (χ3n) is 3.98.